The Bertz CT molecular complexity index is 934. The van der Waals surface area contributed by atoms with Gasteiger partial charge in [-0.2, -0.15) is 13.2 Å². The van der Waals surface area contributed by atoms with Gasteiger partial charge in [-0.15, -0.1) is 0 Å². The molecule has 2 aliphatic rings. The van der Waals surface area contributed by atoms with Crippen LogP contribution in [0.3, 0.4) is 0 Å². The molecule has 2 saturated heterocycles. The van der Waals surface area contributed by atoms with Crippen LogP contribution in [0, 0.1) is 12.3 Å². The van der Waals surface area contributed by atoms with Crippen LogP contribution in [0.4, 0.5) is 19.0 Å². The Labute approximate surface area is 182 Å². The number of hydrogen-bond donors (Lipinski definition) is 1. The van der Waals surface area contributed by atoms with Gasteiger partial charge in [0, 0.05) is 37.8 Å². The first-order chi connectivity index (χ1) is 15.1. The van der Waals surface area contributed by atoms with E-state index in [0.29, 0.717) is 37.6 Å². The van der Waals surface area contributed by atoms with Gasteiger partial charge in [0.1, 0.15) is 11.6 Å². The summed E-state index contributed by atoms with van der Waals surface area (Å²) in [5.74, 6) is -1.06. The number of aromatic nitrogens is 1. The third-order valence-corrected chi connectivity index (χ3v) is 5.47. The van der Waals surface area contributed by atoms with E-state index >= 15 is 0 Å². The van der Waals surface area contributed by atoms with Crippen LogP contribution in [0.5, 0.6) is 0 Å². The molecule has 0 aromatic carbocycles. The molecule has 4 heterocycles. The Morgan fingerprint density at radius 3 is 2.53 bits per heavy atom. The molecule has 174 valence electrons. The van der Waals surface area contributed by atoms with E-state index in [-0.39, 0.29) is 11.3 Å². The van der Waals surface area contributed by atoms with Crippen LogP contribution >= 0.6 is 0 Å². The zero-order chi connectivity index (χ0) is 23.4. The minimum atomic E-state index is -5.08. The van der Waals surface area contributed by atoms with E-state index in [0.717, 1.165) is 25.3 Å². The molecule has 1 atom stereocenters. The van der Waals surface area contributed by atoms with Gasteiger partial charge >= 0.3 is 12.1 Å². The first-order valence-electron chi connectivity index (χ1n) is 9.98. The van der Waals surface area contributed by atoms with Crippen LogP contribution in [-0.4, -0.2) is 72.4 Å². The number of furan rings is 1. The standard InChI is InChI=1S/C19H23N3O3.C2HF3O2/c1-15-16(5-10-25-15)18(23)22-9-11-24-14-19(13-22)6-8-21(12-19)17-4-2-3-7-20-17;3-2(4,5)1(6)7/h2-5,7,10H,6,8-9,11-14H2,1H3;(H,6,7). The maximum Gasteiger partial charge on any atom is 0.490 e. The van der Waals surface area contributed by atoms with E-state index in [4.69, 9.17) is 19.1 Å². The molecule has 0 aliphatic carbocycles. The molecule has 0 radical (unpaired) electrons. The number of carbonyl (C=O) groups excluding carboxylic acids is 1. The fourth-order valence-corrected chi connectivity index (χ4v) is 3.86. The second kappa shape index (κ2) is 9.60. The Balaban J connectivity index is 0.000000360. The van der Waals surface area contributed by atoms with Crippen molar-refractivity contribution in [1.29, 1.82) is 0 Å². The molecule has 1 spiro atoms. The lowest BCUT2D eigenvalue weighted by Crippen LogP contribution is -2.43. The van der Waals surface area contributed by atoms with Gasteiger partial charge in [0.05, 0.1) is 25.0 Å². The molecule has 32 heavy (non-hydrogen) atoms. The molecular formula is C21H24F3N3O5. The van der Waals surface area contributed by atoms with Gasteiger partial charge in [-0.3, -0.25) is 4.79 Å². The number of pyridine rings is 1. The number of anilines is 1. The van der Waals surface area contributed by atoms with E-state index in [1.165, 1.54) is 0 Å². The van der Waals surface area contributed by atoms with Gasteiger partial charge in [0.2, 0.25) is 0 Å². The summed E-state index contributed by atoms with van der Waals surface area (Å²) in [5, 5.41) is 7.12. The molecule has 11 heteroatoms. The molecule has 1 unspecified atom stereocenters. The highest BCUT2D eigenvalue weighted by molar-refractivity contribution is 5.95. The second-order valence-corrected chi connectivity index (χ2v) is 7.83. The van der Waals surface area contributed by atoms with Crippen LogP contribution in [0.15, 0.2) is 41.1 Å². The maximum absolute atomic E-state index is 12.9. The summed E-state index contributed by atoms with van der Waals surface area (Å²) in [4.78, 5) is 30.5. The third kappa shape index (κ3) is 5.58. The number of aryl methyl sites for hydroxylation is 1. The Morgan fingerprint density at radius 1 is 1.19 bits per heavy atom. The topological polar surface area (TPSA) is 96.1 Å². The summed E-state index contributed by atoms with van der Waals surface area (Å²) in [6.45, 7) is 6.22. The quantitative estimate of drug-likeness (QED) is 0.744. The van der Waals surface area contributed by atoms with Crippen LogP contribution in [0.2, 0.25) is 0 Å². The number of hydrogen-bond acceptors (Lipinski definition) is 6. The summed E-state index contributed by atoms with van der Waals surface area (Å²) in [6.07, 6.45) is -0.690. The Morgan fingerprint density at radius 2 is 1.94 bits per heavy atom. The second-order valence-electron chi connectivity index (χ2n) is 7.83. The summed E-state index contributed by atoms with van der Waals surface area (Å²) < 4.78 is 42.9. The van der Waals surface area contributed by atoms with Gasteiger partial charge in [-0.1, -0.05) is 6.07 Å². The van der Waals surface area contributed by atoms with Crippen LogP contribution < -0.4 is 4.90 Å². The molecule has 2 fully saturated rings. The molecule has 1 N–H and O–H groups in total. The molecule has 2 aromatic heterocycles. The largest absolute Gasteiger partial charge is 0.490 e. The Kier molecular flexibility index (Phi) is 7.07. The Hall–Kier alpha value is -3.08. The number of nitrogens with zero attached hydrogens (tertiary/aromatic N) is 3. The minimum absolute atomic E-state index is 0.0346. The predicted octanol–water partition coefficient (Wildman–Crippen LogP) is 2.99. The first-order valence-corrected chi connectivity index (χ1v) is 9.98. The van der Waals surface area contributed by atoms with Gasteiger partial charge < -0.3 is 24.1 Å². The lowest BCUT2D eigenvalue weighted by atomic mass is 9.87. The normalized spacial score (nSPS) is 21.1. The van der Waals surface area contributed by atoms with Crippen molar-refractivity contribution < 1.29 is 37.0 Å². The molecule has 1 amide bonds. The molecule has 2 aromatic rings. The van der Waals surface area contributed by atoms with Gasteiger partial charge in [0.25, 0.3) is 5.91 Å². The average Bonchev–Trinajstić information content (AvgIpc) is 3.30. The van der Waals surface area contributed by atoms with Crippen molar-refractivity contribution in [3.05, 3.63) is 48.0 Å². The number of carboxylic acids is 1. The fraction of sp³-hybridized carbons (Fsp3) is 0.476. The van der Waals surface area contributed by atoms with E-state index in [1.807, 2.05) is 36.2 Å². The highest BCUT2D eigenvalue weighted by Gasteiger charge is 2.43. The van der Waals surface area contributed by atoms with Gasteiger partial charge in [0.15, 0.2) is 0 Å². The molecular weight excluding hydrogens is 431 g/mol. The van der Waals surface area contributed by atoms with Crippen molar-refractivity contribution in [3.63, 3.8) is 0 Å². The van der Waals surface area contributed by atoms with E-state index in [9.17, 15) is 18.0 Å². The molecule has 2 aliphatic heterocycles. The monoisotopic (exact) mass is 455 g/mol. The summed E-state index contributed by atoms with van der Waals surface area (Å²) in [6, 6.07) is 7.73. The number of carbonyl (C=O) groups is 2. The number of rotatable bonds is 2. The molecule has 4 rings (SSSR count). The predicted molar refractivity (Wildman–Crippen MR) is 107 cm³/mol. The van der Waals surface area contributed by atoms with Crippen molar-refractivity contribution in [1.82, 2.24) is 9.88 Å². The maximum atomic E-state index is 12.9. The minimum Gasteiger partial charge on any atom is -0.475 e. The van der Waals surface area contributed by atoms with E-state index in [1.54, 1.807) is 12.3 Å². The SMILES string of the molecule is Cc1occc1C(=O)N1CCOCC2(CCN(c3ccccn3)C2)C1.O=C(O)C(F)(F)F. The van der Waals surface area contributed by atoms with E-state index in [2.05, 4.69) is 9.88 Å². The third-order valence-electron chi connectivity index (χ3n) is 5.47. The number of halogens is 3. The molecule has 8 nitrogen and oxygen atoms in total. The first kappa shape index (κ1) is 23.6. The highest BCUT2D eigenvalue weighted by Crippen LogP contribution is 2.35. The highest BCUT2D eigenvalue weighted by atomic mass is 19.4. The van der Waals surface area contributed by atoms with Gasteiger partial charge in [-0.05, 0) is 31.5 Å². The number of carboxylic acid groups (broad SMARTS) is 1. The average molecular weight is 455 g/mol. The lowest BCUT2D eigenvalue weighted by molar-refractivity contribution is -0.192. The van der Waals surface area contributed by atoms with Crippen LogP contribution in [0.25, 0.3) is 0 Å². The summed E-state index contributed by atoms with van der Waals surface area (Å²) in [5.41, 5.74) is 0.609. The fourth-order valence-electron chi connectivity index (χ4n) is 3.86. The summed E-state index contributed by atoms with van der Waals surface area (Å²) in [7, 11) is 0. The number of amides is 1. The van der Waals surface area contributed by atoms with Crippen molar-refractivity contribution in [3.8, 4) is 0 Å². The lowest BCUT2D eigenvalue weighted by Gasteiger charge is -2.32. The van der Waals surface area contributed by atoms with Crippen molar-refractivity contribution in [2.45, 2.75) is 19.5 Å². The zero-order valence-electron chi connectivity index (χ0n) is 17.5. The van der Waals surface area contributed by atoms with Crippen LogP contribution in [0.1, 0.15) is 22.5 Å². The summed E-state index contributed by atoms with van der Waals surface area (Å²) >= 11 is 0. The van der Waals surface area contributed by atoms with Crippen molar-refractivity contribution in [2.24, 2.45) is 5.41 Å². The molecule has 0 bridgehead atoms. The van der Waals surface area contributed by atoms with Crippen molar-refractivity contribution in [2.75, 3.05) is 44.3 Å². The number of aliphatic carboxylic acids is 1. The molecule has 0 saturated carbocycles. The number of ether oxygens (including phenoxy) is 1. The zero-order valence-corrected chi connectivity index (χ0v) is 17.5. The van der Waals surface area contributed by atoms with E-state index < -0.39 is 12.1 Å². The van der Waals surface area contributed by atoms with Crippen LogP contribution in [-0.2, 0) is 9.53 Å². The van der Waals surface area contributed by atoms with Gasteiger partial charge in [-0.25, -0.2) is 9.78 Å². The number of alkyl halides is 3. The smallest absolute Gasteiger partial charge is 0.475 e. The van der Waals surface area contributed by atoms with Crippen molar-refractivity contribution >= 4 is 17.7 Å².